The average molecular weight is 173 g/mol. The van der Waals surface area contributed by atoms with Crippen LogP contribution in [0.15, 0.2) is 0 Å². The summed E-state index contributed by atoms with van der Waals surface area (Å²) in [6.07, 6.45) is 0. The van der Waals surface area contributed by atoms with E-state index in [0.29, 0.717) is 0 Å². The lowest BCUT2D eigenvalue weighted by Gasteiger charge is -2.19. The summed E-state index contributed by atoms with van der Waals surface area (Å²) in [6, 6.07) is 0.144. The number of hydrogen-bond acceptors (Lipinski definition) is 2. The Kier molecular flexibility index (Phi) is 4.90. The monoisotopic (exact) mass is 173 g/mol. The first-order chi connectivity index (χ1) is 5.49. The Labute approximate surface area is 74.2 Å². The second-order valence-electron chi connectivity index (χ2n) is 3.70. The van der Waals surface area contributed by atoms with E-state index in [9.17, 15) is 4.79 Å². The van der Waals surface area contributed by atoms with Crippen molar-refractivity contribution in [3.63, 3.8) is 0 Å². The molecule has 0 aliphatic rings. The lowest BCUT2D eigenvalue weighted by Crippen LogP contribution is -2.39. The van der Waals surface area contributed by atoms with Crippen molar-refractivity contribution < 1.29 is 9.90 Å². The Morgan fingerprint density at radius 1 is 1.33 bits per heavy atom. The third kappa shape index (κ3) is 3.72. The number of carbonyl (C=O) groups is 1. The van der Waals surface area contributed by atoms with Gasteiger partial charge in [0.1, 0.15) is 0 Å². The van der Waals surface area contributed by atoms with E-state index in [1.54, 1.807) is 0 Å². The van der Waals surface area contributed by atoms with Gasteiger partial charge >= 0.3 is 0 Å². The highest BCUT2D eigenvalue weighted by molar-refractivity contribution is 5.79. The molecule has 0 saturated heterocycles. The van der Waals surface area contributed by atoms with Crippen molar-refractivity contribution in [1.82, 2.24) is 5.32 Å². The lowest BCUT2D eigenvalue weighted by atomic mass is 9.96. The van der Waals surface area contributed by atoms with Gasteiger partial charge in [-0.25, -0.2) is 0 Å². The van der Waals surface area contributed by atoms with Gasteiger partial charge in [0.2, 0.25) is 5.91 Å². The number of aliphatic hydroxyl groups excluding tert-OH is 1. The fraction of sp³-hybridized carbons (Fsp3) is 0.889. The highest BCUT2D eigenvalue weighted by Crippen LogP contribution is 2.09. The van der Waals surface area contributed by atoms with Crippen molar-refractivity contribution in [2.45, 2.75) is 33.7 Å². The van der Waals surface area contributed by atoms with E-state index in [2.05, 4.69) is 5.32 Å². The number of rotatable bonds is 4. The molecule has 12 heavy (non-hydrogen) atoms. The van der Waals surface area contributed by atoms with Gasteiger partial charge in [0.05, 0.1) is 12.5 Å². The van der Waals surface area contributed by atoms with E-state index in [4.69, 9.17) is 5.11 Å². The molecule has 0 bridgehead atoms. The Hall–Kier alpha value is -0.570. The summed E-state index contributed by atoms with van der Waals surface area (Å²) in [5.41, 5.74) is 0. The van der Waals surface area contributed by atoms with Gasteiger partial charge in [0.15, 0.2) is 0 Å². The summed E-state index contributed by atoms with van der Waals surface area (Å²) in [4.78, 5) is 11.4. The first kappa shape index (κ1) is 11.4. The maximum absolute atomic E-state index is 11.4. The van der Waals surface area contributed by atoms with Gasteiger partial charge in [-0.3, -0.25) is 4.79 Å². The number of amides is 1. The predicted molar refractivity (Wildman–Crippen MR) is 48.7 cm³/mol. The van der Waals surface area contributed by atoms with E-state index in [1.807, 2.05) is 27.7 Å². The van der Waals surface area contributed by atoms with Crippen molar-refractivity contribution >= 4 is 5.91 Å². The van der Waals surface area contributed by atoms with E-state index in [-0.39, 0.29) is 30.4 Å². The molecule has 3 heteroatoms. The smallest absolute Gasteiger partial charge is 0.225 e. The molecule has 0 aromatic rings. The van der Waals surface area contributed by atoms with Crippen molar-refractivity contribution in [3.8, 4) is 0 Å². The molecule has 0 rings (SSSR count). The number of nitrogens with one attached hydrogen (secondary N) is 1. The van der Waals surface area contributed by atoms with Gasteiger partial charge < -0.3 is 10.4 Å². The minimum absolute atomic E-state index is 0.0532. The van der Waals surface area contributed by atoms with Gasteiger partial charge in [-0.2, -0.15) is 0 Å². The highest BCUT2D eigenvalue weighted by Gasteiger charge is 2.21. The summed E-state index contributed by atoms with van der Waals surface area (Å²) in [6.45, 7) is 7.61. The largest absolute Gasteiger partial charge is 0.396 e. The Balaban J connectivity index is 4.04. The first-order valence-electron chi connectivity index (χ1n) is 4.40. The van der Waals surface area contributed by atoms with Gasteiger partial charge in [-0.05, 0) is 19.8 Å². The molecule has 3 nitrogen and oxygen atoms in total. The third-order valence-electron chi connectivity index (χ3n) is 1.77. The molecule has 1 amide bonds. The molecule has 0 heterocycles. The van der Waals surface area contributed by atoms with E-state index < -0.39 is 0 Å². The lowest BCUT2D eigenvalue weighted by molar-refractivity contribution is -0.128. The molecule has 2 N–H and O–H groups in total. The third-order valence-corrected chi connectivity index (χ3v) is 1.77. The minimum atomic E-state index is -0.271. The number of carbonyl (C=O) groups excluding carboxylic acids is 1. The minimum Gasteiger partial charge on any atom is -0.396 e. The van der Waals surface area contributed by atoms with Crippen LogP contribution in [-0.4, -0.2) is 23.7 Å². The molecular formula is C9H19NO2. The molecule has 1 unspecified atom stereocenters. The average Bonchev–Trinajstić information content (AvgIpc) is 1.85. The molecule has 0 fully saturated rings. The van der Waals surface area contributed by atoms with Crippen LogP contribution in [0.5, 0.6) is 0 Å². The quantitative estimate of drug-likeness (QED) is 0.660. The molecule has 0 aliphatic heterocycles. The van der Waals surface area contributed by atoms with Crippen LogP contribution >= 0.6 is 0 Å². The molecule has 0 aliphatic carbocycles. The highest BCUT2D eigenvalue weighted by atomic mass is 16.3. The van der Waals surface area contributed by atoms with Gasteiger partial charge in [-0.15, -0.1) is 0 Å². The molecule has 0 radical (unpaired) electrons. The molecule has 1 atom stereocenters. The Morgan fingerprint density at radius 3 is 2.08 bits per heavy atom. The standard InChI is InChI=1S/C9H19NO2/c1-6(2)8(5-11)9(12)10-7(3)4/h6-8,11H,5H2,1-4H3,(H,10,12). The van der Waals surface area contributed by atoms with E-state index in [1.165, 1.54) is 0 Å². The van der Waals surface area contributed by atoms with Gasteiger partial charge in [0, 0.05) is 6.04 Å². The zero-order chi connectivity index (χ0) is 9.72. The van der Waals surface area contributed by atoms with Crippen LogP contribution in [0, 0.1) is 11.8 Å². The molecule has 72 valence electrons. The summed E-state index contributed by atoms with van der Waals surface area (Å²) >= 11 is 0. The maximum Gasteiger partial charge on any atom is 0.225 e. The molecule has 0 aromatic heterocycles. The first-order valence-corrected chi connectivity index (χ1v) is 4.40. The van der Waals surface area contributed by atoms with Crippen LogP contribution in [0.1, 0.15) is 27.7 Å². The van der Waals surface area contributed by atoms with Crippen molar-refractivity contribution in [2.75, 3.05) is 6.61 Å². The molecule has 0 saturated carbocycles. The fourth-order valence-electron chi connectivity index (χ4n) is 0.988. The predicted octanol–water partition coefficient (Wildman–Crippen LogP) is 0.775. The molecule has 0 spiro atoms. The van der Waals surface area contributed by atoms with Crippen molar-refractivity contribution in [3.05, 3.63) is 0 Å². The van der Waals surface area contributed by atoms with E-state index in [0.717, 1.165) is 0 Å². The van der Waals surface area contributed by atoms with Crippen molar-refractivity contribution in [1.29, 1.82) is 0 Å². The van der Waals surface area contributed by atoms with Crippen LogP contribution in [0.25, 0.3) is 0 Å². The Morgan fingerprint density at radius 2 is 1.83 bits per heavy atom. The normalized spacial score (nSPS) is 13.6. The zero-order valence-corrected chi connectivity index (χ0v) is 8.29. The van der Waals surface area contributed by atoms with Crippen LogP contribution in [0.3, 0.4) is 0 Å². The van der Waals surface area contributed by atoms with Crippen LogP contribution in [-0.2, 0) is 4.79 Å². The summed E-state index contributed by atoms with van der Waals surface area (Å²) < 4.78 is 0. The Bertz CT molecular complexity index is 143. The second-order valence-corrected chi connectivity index (χ2v) is 3.70. The fourth-order valence-corrected chi connectivity index (χ4v) is 0.988. The van der Waals surface area contributed by atoms with Gasteiger partial charge in [0.25, 0.3) is 0 Å². The van der Waals surface area contributed by atoms with Crippen LogP contribution in [0.2, 0.25) is 0 Å². The summed E-state index contributed by atoms with van der Waals surface area (Å²) in [5.74, 6) is -0.136. The summed E-state index contributed by atoms with van der Waals surface area (Å²) in [5, 5.41) is 11.7. The SMILES string of the molecule is CC(C)NC(=O)C(CO)C(C)C. The summed E-state index contributed by atoms with van der Waals surface area (Å²) in [7, 11) is 0. The van der Waals surface area contributed by atoms with Crippen LogP contribution < -0.4 is 5.32 Å². The van der Waals surface area contributed by atoms with E-state index >= 15 is 0 Å². The topological polar surface area (TPSA) is 49.3 Å². The van der Waals surface area contributed by atoms with Crippen LogP contribution in [0.4, 0.5) is 0 Å². The number of hydrogen-bond donors (Lipinski definition) is 2. The maximum atomic E-state index is 11.4. The molecule has 0 aromatic carbocycles. The van der Waals surface area contributed by atoms with Crippen molar-refractivity contribution in [2.24, 2.45) is 11.8 Å². The molecular weight excluding hydrogens is 154 g/mol. The van der Waals surface area contributed by atoms with Gasteiger partial charge in [-0.1, -0.05) is 13.8 Å². The zero-order valence-electron chi connectivity index (χ0n) is 8.29. The second kappa shape index (κ2) is 5.14. The number of aliphatic hydroxyl groups is 1.